The van der Waals surface area contributed by atoms with Crippen molar-refractivity contribution in [3.05, 3.63) is 36.3 Å². The highest BCUT2D eigenvalue weighted by Crippen LogP contribution is 2.28. The lowest BCUT2D eigenvalue weighted by molar-refractivity contribution is 0.234. The summed E-state index contributed by atoms with van der Waals surface area (Å²) in [5.41, 5.74) is 3.47. The second-order valence-corrected chi connectivity index (χ2v) is 7.14. The fourth-order valence-electron chi connectivity index (χ4n) is 2.56. The zero-order chi connectivity index (χ0) is 18.9. The fraction of sp³-hybridized carbons (Fsp3) is 0.368. The molecule has 0 atom stereocenters. The molecular formula is C19H23FN6. The van der Waals surface area contributed by atoms with E-state index in [2.05, 4.69) is 31.4 Å². The number of hydrogen-bond acceptors (Lipinski definition) is 5. The quantitative estimate of drug-likeness (QED) is 0.691. The van der Waals surface area contributed by atoms with E-state index in [9.17, 15) is 4.39 Å². The Bertz CT molecular complexity index is 964. The average Bonchev–Trinajstić information content (AvgIpc) is 2.97. The van der Waals surface area contributed by atoms with E-state index in [1.54, 1.807) is 10.7 Å². The van der Waals surface area contributed by atoms with Crippen molar-refractivity contribution in [3.63, 3.8) is 0 Å². The van der Waals surface area contributed by atoms with Gasteiger partial charge in [-0.3, -0.25) is 0 Å². The molecule has 0 radical (unpaired) electrons. The van der Waals surface area contributed by atoms with Crippen molar-refractivity contribution in [3.8, 4) is 11.1 Å². The van der Waals surface area contributed by atoms with Gasteiger partial charge in [-0.25, -0.2) is 23.9 Å². The molecule has 6 nitrogen and oxygen atoms in total. The molecule has 0 saturated carbocycles. The Balaban J connectivity index is 1.92. The number of pyridine rings is 1. The van der Waals surface area contributed by atoms with Gasteiger partial charge in [-0.15, -0.1) is 5.10 Å². The molecule has 3 heterocycles. The number of rotatable bonds is 5. The molecule has 7 heteroatoms. The van der Waals surface area contributed by atoms with Gasteiger partial charge in [0.2, 0.25) is 5.95 Å². The predicted octanol–water partition coefficient (Wildman–Crippen LogP) is 4.37. The molecule has 0 fully saturated rings. The SMILES string of the molecule is CC(C)=Nc1ncc(-c2ccn3nc(NCC(C)(C)F)ncc23)cc1C. The number of fused-ring (bicyclic) bond motifs is 1. The van der Waals surface area contributed by atoms with Crippen LogP contribution in [0.3, 0.4) is 0 Å². The summed E-state index contributed by atoms with van der Waals surface area (Å²) in [5.74, 6) is 1.12. The Labute approximate surface area is 152 Å². The maximum Gasteiger partial charge on any atom is 0.241 e. The van der Waals surface area contributed by atoms with E-state index in [1.165, 1.54) is 13.8 Å². The number of nitrogens with zero attached hydrogens (tertiary/aromatic N) is 5. The normalized spacial score (nSPS) is 11.6. The molecule has 0 aliphatic carbocycles. The number of alkyl halides is 1. The Morgan fingerprint density at radius 2 is 2.04 bits per heavy atom. The van der Waals surface area contributed by atoms with Crippen LogP contribution in [-0.2, 0) is 0 Å². The van der Waals surface area contributed by atoms with Crippen molar-refractivity contribution >= 4 is 23.0 Å². The molecule has 0 unspecified atom stereocenters. The first kappa shape index (κ1) is 18.0. The van der Waals surface area contributed by atoms with E-state index in [0.29, 0.717) is 5.95 Å². The number of nitrogens with one attached hydrogen (secondary N) is 1. The highest BCUT2D eigenvalue weighted by molar-refractivity contribution is 5.83. The van der Waals surface area contributed by atoms with Crippen molar-refractivity contribution in [2.75, 3.05) is 11.9 Å². The largest absolute Gasteiger partial charge is 0.350 e. The van der Waals surface area contributed by atoms with Crippen LogP contribution < -0.4 is 5.32 Å². The van der Waals surface area contributed by atoms with Gasteiger partial charge in [-0.1, -0.05) is 0 Å². The van der Waals surface area contributed by atoms with Crippen LogP contribution in [0.1, 0.15) is 33.3 Å². The van der Waals surface area contributed by atoms with E-state index < -0.39 is 5.67 Å². The molecular weight excluding hydrogens is 331 g/mol. The van der Waals surface area contributed by atoms with Gasteiger partial charge in [-0.2, -0.15) is 0 Å². The zero-order valence-corrected chi connectivity index (χ0v) is 15.7. The monoisotopic (exact) mass is 354 g/mol. The molecule has 0 saturated heterocycles. The molecule has 136 valence electrons. The van der Waals surface area contributed by atoms with Crippen LogP contribution in [0.25, 0.3) is 16.6 Å². The van der Waals surface area contributed by atoms with Gasteiger partial charge in [0.15, 0.2) is 5.82 Å². The van der Waals surface area contributed by atoms with Gasteiger partial charge < -0.3 is 5.32 Å². The molecule has 0 aliphatic rings. The number of aromatic nitrogens is 4. The van der Waals surface area contributed by atoms with Crippen LogP contribution in [0.2, 0.25) is 0 Å². The third-order valence-electron chi connectivity index (χ3n) is 3.77. The van der Waals surface area contributed by atoms with Crippen LogP contribution in [-0.4, -0.2) is 37.5 Å². The zero-order valence-electron chi connectivity index (χ0n) is 15.7. The Hall–Kier alpha value is -2.83. The maximum absolute atomic E-state index is 13.6. The molecule has 0 aromatic carbocycles. The van der Waals surface area contributed by atoms with E-state index in [-0.39, 0.29) is 6.54 Å². The lowest BCUT2D eigenvalue weighted by Crippen LogP contribution is -2.25. The van der Waals surface area contributed by atoms with Crippen LogP contribution >= 0.6 is 0 Å². The Kier molecular flexibility index (Phi) is 4.71. The minimum absolute atomic E-state index is 0.147. The number of anilines is 1. The van der Waals surface area contributed by atoms with Gasteiger partial charge in [0.1, 0.15) is 5.67 Å². The summed E-state index contributed by atoms with van der Waals surface area (Å²) in [7, 11) is 0. The van der Waals surface area contributed by atoms with Crippen LogP contribution in [0.5, 0.6) is 0 Å². The maximum atomic E-state index is 13.6. The predicted molar refractivity (Wildman–Crippen MR) is 103 cm³/mol. The van der Waals surface area contributed by atoms with Crippen molar-refractivity contribution in [2.24, 2.45) is 4.99 Å². The molecule has 0 aliphatic heterocycles. The summed E-state index contributed by atoms with van der Waals surface area (Å²) in [6, 6.07) is 4.03. The smallest absolute Gasteiger partial charge is 0.241 e. The van der Waals surface area contributed by atoms with Gasteiger partial charge >= 0.3 is 0 Å². The van der Waals surface area contributed by atoms with E-state index in [0.717, 1.165) is 33.7 Å². The highest BCUT2D eigenvalue weighted by atomic mass is 19.1. The number of halogens is 1. The molecule has 0 spiro atoms. The molecule has 1 N–H and O–H groups in total. The third kappa shape index (κ3) is 4.04. The van der Waals surface area contributed by atoms with Crippen molar-refractivity contribution in [1.82, 2.24) is 19.6 Å². The summed E-state index contributed by atoms with van der Waals surface area (Å²) in [6.07, 6.45) is 5.39. The Morgan fingerprint density at radius 1 is 1.27 bits per heavy atom. The lowest BCUT2D eigenvalue weighted by atomic mass is 10.1. The fourth-order valence-corrected chi connectivity index (χ4v) is 2.56. The summed E-state index contributed by atoms with van der Waals surface area (Å²) < 4.78 is 15.4. The summed E-state index contributed by atoms with van der Waals surface area (Å²) in [5, 5.41) is 7.30. The third-order valence-corrected chi connectivity index (χ3v) is 3.77. The van der Waals surface area contributed by atoms with Gasteiger partial charge in [-0.05, 0) is 52.3 Å². The van der Waals surface area contributed by atoms with Crippen LogP contribution in [0.4, 0.5) is 16.2 Å². The highest BCUT2D eigenvalue weighted by Gasteiger charge is 2.16. The number of aliphatic imine (C=N–C) groups is 1. The minimum atomic E-state index is -1.33. The first-order chi connectivity index (χ1) is 12.2. The van der Waals surface area contributed by atoms with E-state index in [1.807, 2.05) is 39.2 Å². The van der Waals surface area contributed by atoms with E-state index in [4.69, 9.17) is 0 Å². The van der Waals surface area contributed by atoms with Crippen molar-refractivity contribution < 1.29 is 4.39 Å². The first-order valence-electron chi connectivity index (χ1n) is 8.49. The van der Waals surface area contributed by atoms with Crippen molar-refractivity contribution in [2.45, 2.75) is 40.3 Å². The Morgan fingerprint density at radius 3 is 2.69 bits per heavy atom. The molecule has 3 aromatic rings. The van der Waals surface area contributed by atoms with Gasteiger partial charge in [0.05, 0.1) is 18.3 Å². The molecule has 3 rings (SSSR count). The minimum Gasteiger partial charge on any atom is -0.350 e. The number of aryl methyl sites for hydroxylation is 1. The first-order valence-corrected chi connectivity index (χ1v) is 8.49. The van der Waals surface area contributed by atoms with Gasteiger partial charge in [0, 0.05) is 29.2 Å². The molecule has 3 aromatic heterocycles. The molecule has 0 amide bonds. The summed E-state index contributed by atoms with van der Waals surface area (Å²) >= 11 is 0. The van der Waals surface area contributed by atoms with Crippen LogP contribution in [0, 0.1) is 6.92 Å². The second kappa shape index (κ2) is 6.82. The average molecular weight is 354 g/mol. The van der Waals surface area contributed by atoms with Gasteiger partial charge in [0.25, 0.3) is 0 Å². The molecule has 26 heavy (non-hydrogen) atoms. The summed E-state index contributed by atoms with van der Waals surface area (Å²) in [4.78, 5) is 13.2. The second-order valence-electron chi connectivity index (χ2n) is 7.14. The topological polar surface area (TPSA) is 67.5 Å². The standard InChI is InChI=1S/C19H23FN6/c1-12(2)24-17-13(3)8-14(9-21-17)15-6-7-26-16(15)10-22-18(25-26)23-11-19(4,5)20/h6-10H,11H2,1-5H3,(H,23,25). The van der Waals surface area contributed by atoms with Crippen LogP contribution in [0.15, 0.2) is 35.7 Å². The van der Waals surface area contributed by atoms with Crippen molar-refractivity contribution in [1.29, 1.82) is 0 Å². The lowest BCUT2D eigenvalue weighted by Gasteiger charge is -2.14. The van der Waals surface area contributed by atoms with E-state index >= 15 is 0 Å². The molecule has 0 bridgehead atoms. The number of hydrogen-bond donors (Lipinski definition) is 1. The summed E-state index contributed by atoms with van der Waals surface area (Å²) in [6.45, 7) is 9.06.